The molecule has 0 spiro atoms. The third kappa shape index (κ3) is 4.52. The molecule has 1 unspecified atom stereocenters. The highest BCUT2D eigenvalue weighted by Crippen LogP contribution is 2.31. The van der Waals surface area contributed by atoms with Crippen molar-refractivity contribution in [2.45, 2.75) is 13.0 Å². The molecule has 1 aliphatic rings. The minimum atomic E-state index is -0.750. The van der Waals surface area contributed by atoms with Crippen molar-refractivity contribution in [1.82, 2.24) is 4.57 Å². The first kappa shape index (κ1) is 24.4. The second kappa shape index (κ2) is 9.64. The summed E-state index contributed by atoms with van der Waals surface area (Å²) in [5, 5.41) is 11.6. The second-order valence-electron chi connectivity index (χ2n) is 8.13. The molecule has 0 saturated carbocycles. The summed E-state index contributed by atoms with van der Waals surface area (Å²) in [6.07, 6.45) is 1.58. The summed E-state index contributed by atoms with van der Waals surface area (Å²) in [5.41, 5.74) is 1.52. The van der Waals surface area contributed by atoms with Gasteiger partial charge in [-0.05, 0) is 36.8 Å². The number of aromatic nitrogens is 1. The van der Waals surface area contributed by atoms with Crippen LogP contribution in [0.3, 0.4) is 0 Å². The van der Waals surface area contributed by atoms with Crippen LogP contribution in [0, 0.1) is 10.1 Å². The van der Waals surface area contributed by atoms with Crippen molar-refractivity contribution in [3.05, 3.63) is 118 Å². The molecule has 3 heterocycles. The fourth-order valence-electron chi connectivity index (χ4n) is 4.14. The average Bonchev–Trinajstić information content (AvgIpc) is 3.48. The molecule has 5 rings (SSSR count). The minimum absolute atomic E-state index is 0.0530. The quantitative estimate of drug-likeness (QED) is 0.214. The Bertz CT molecular complexity index is 1760. The maximum atomic E-state index is 13.6. The van der Waals surface area contributed by atoms with Crippen LogP contribution < -0.4 is 14.9 Å². The van der Waals surface area contributed by atoms with Crippen LogP contribution in [-0.2, 0) is 9.53 Å². The van der Waals surface area contributed by atoms with Gasteiger partial charge in [0.05, 0.1) is 33.9 Å². The van der Waals surface area contributed by atoms with Gasteiger partial charge in [-0.25, -0.2) is 9.79 Å². The van der Waals surface area contributed by atoms with Gasteiger partial charge in [0.1, 0.15) is 11.5 Å². The van der Waals surface area contributed by atoms with E-state index in [-0.39, 0.29) is 16.8 Å². The molecule has 0 amide bonds. The summed E-state index contributed by atoms with van der Waals surface area (Å²) in [4.78, 5) is 41.9. The lowest BCUT2D eigenvalue weighted by molar-refractivity contribution is -0.384. The number of fused-ring (bicyclic) bond motifs is 1. The predicted octanol–water partition coefficient (Wildman–Crippen LogP) is 4.23. The monoisotopic (exact) mass is 535 g/mol. The molecule has 37 heavy (non-hydrogen) atoms. The molecule has 9 nitrogen and oxygen atoms in total. The lowest BCUT2D eigenvalue weighted by Gasteiger charge is -2.24. The number of esters is 1. The van der Waals surface area contributed by atoms with Crippen molar-refractivity contribution in [2.75, 3.05) is 7.11 Å². The van der Waals surface area contributed by atoms with Crippen LogP contribution in [0.4, 0.5) is 5.69 Å². The smallest absolute Gasteiger partial charge is 0.338 e. The first-order chi connectivity index (χ1) is 17.8. The summed E-state index contributed by atoms with van der Waals surface area (Å²) in [5.74, 6) is 0.229. The van der Waals surface area contributed by atoms with Gasteiger partial charge >= 0.3 is 5.97 Å². The number of methoxy groups -OCH3 is 1. The molecule has 4 aromatic rings. The number of benzene rings is 2. The number of nitro benzene ring substituents is 1. The normalized spacial score (nSPS) is 15.3. The molecule has 2 aromatic heterocycles. The van der Waals surface area contributed by atoms with Gasteiger partial charge in [-0.1, -0.05) is 47.2 Å². The fourth-order valence-corrected chi connectivity index (χ4v) is 5.29. The van der Waals surface area contributed by atoms with Gasteiger partial charge in [0.2, 0.25) is 0 Å². The van der Waals surface area contributed by atoms with Gasteiger partial charge in [-0.3, -0.25) is 19.5 Å². The van der Waals surface area contributed by atoms with E-state index in [4.69, 9.17) is 20.8 Å². The van der Waals surface area contributed by atoms with E-state index in [1.165, 1.54) is 23.8 Å². The zero-order valence-electron chi connectivity index (χ0n) is 19.5. The number of ether oxygens (including phenoxy) is 1. The number of halogens is 1. The van der Waals surface area contributed by atoms with Crippen LogP contribution in [0.5, 0.6) is 0 Å². The van der Waals surface area contributed by atoms with Crippen LogP contribution in [0.2, 0.25) is 5.02 Å². The Morgan fingerprint density at radius 3 is 2.68 bits per heavy atom. The average molecular weight is 536 g/mol. The predicted molar refractivity (Wildman–Crippen MR) is 138 cm³/mol. The highest BCUT2D eigenvalue weighted by atomic mass is 35.5. The molecule has 1 aliphatic heterocycles. The molecule has 0 saturated heterocycles. The fraction of sp³-hybridized carbons (Fsp3) is 0.115. The van der Waals surface area contributed by atoms with Crippen molar-refractivity contribution in [2.24, 2.45) is 4.99 Å². The van der Waals surface area contributed by atoms with Crippen LogP contribution in [0.25, 0.3) is 17.4 Å². The molecular formula is C26H18ClN3O6S. The standard InChI is InChI=1S/C26H18ClN3O6S/c1-14-22(25(32)35-2)23(15-6-8-17(27)9-7-15)29-24(31)21(37-26(29)28-14)13-19-10-11-20(36-19)16-4-3-5-18(12-16)30(33)34/h3-13,23H,1-2H3/b21-13+. The Hall–Kier alpha value is -4.28. The summed E-state index contributed by atoms with van der Waals surface area (Å²) in [6.45, 7) is 1.70. The second-order valence-corrected chi connectivity index (χ2v) is 9.58. The number of hydrogen-bond acceptors (Lipinski definition) is 8. The van der Waals surface area contributed by atoms with E-state index in [1.54, 1.807) is 61.5 Å². The van der Waals surface area contributed by atoms with Crippen LogP contribution in [0.1, 0.15) is 24.3 Å². The number of rotatable bonds is 5. The molecule has 1 atom stereocenters. The van der Waals surface area contributed by atoms with Gasteiger partial charge in [-0.2, -0.15) is 0 Å². The summed E-state index contributed by atoms with van der Waals surface area (Å²) >= 11 is 7.23. The lowest BCUT2D eigenvalue weighted by Crippen LogP contribution is -2.39. The molecule has 0 N–H and O–H groups in total. The van der Waals surface area contributed by atoms with Gasteiger partial charge in [0.15, 0.2) is 4.80 Å². The summed E-state index contributed by atoms with van der Waals surface area (Å²) in [6, 6.07) is 15.6. The molecule has 186 valence electrons. The maximum Gasteiger partial charge on any atom is 0.338 e. The van der Waals surface area contributed by atoms with E-state index in [0.717, 1.165) is 11.3 Å². The molecule has 2 aromatic carbocycles. The summed E-state index contributed by atoms with van der Waals surface area (Å²) < 4.78 is 12.7. The van der Waals surface area contributed by atoms with Gasteiger partial charge in [0.25, 0.3) is 11.2 Å². The third-order valence-electron chi connectivity index (χ3n) is 5.85. The van der Waals surface area contributed by atoms with Crippen molar-refractivity contribution >= 4 is 40.7 Å². The van der Waals surface area contributed by atoms with Crippen LogP contribution in [0.15, 0.2) is 86.1 Å². The zero-order chi connectivity index (χ0) is 26.3. The topological polar surface area (TPSA) is 117 Å². The molecule has 0 fully saturated rings. The highest BCUT2D eigenvalue weighted by molar-refractivity contribution is 7.07. The SMILES string of the molecule is COC(=O)C1=C(C)N=c2s/c(=C/c3ccc(-c4cccc([N+](=O)[O-])c4)o3)c(=O)n2C1c1ccc(Cl)cc1. The van der Waals surface area contributed by atoms with E-state index >= 15 is 0 Å². The van der Waals surface area contributed by atoms with Gasteiger partial charge in [0, 0.05) is 28.8 Å². The number of allylic oxidation sites excluding steroid dienone is 1. The van der Waals surface area contributed by atoms with E-state index in [9.17, 15) is 19.7 Å². The Labute approximate surface area is 218 Å². The van der Waals surface area contributed by atoms with Crippen molar-refractivity contribution in [3.63, 3.8) is 0 Å². The number of nitrogens with zero attached hydrogens (tertiary/aromatic N) is 3. The van der Waals surface area contributed by atoms with Crippen molar-refractivity contribution in [3.8, 4) is 11.3 Å². The number of furan rings is 1. The number of hydrogen-bond donors (Lipinski definition) is 0. The van der Waals surface area contributed by atoms with Crippen molar-refractivity contribution < 1.29 is 18.9 Å². The number of nitro groups is 1. The van der Waals surface area contributed by atoms with E-state index in [1.807, 2.05) is 0 Å². The maximum absolute atomic E-state index is 13.6. The molecule has 0 aliphatic carbocycles. The molecular weight excluding hydrogens is 518 g/mol. The highest BCUT2D eigenvalue weighted by Gasteiger charge is 2.33. The van der Waals surface area contributed by atoms with E-state index < -0.39 is 16.9 Å². The van der Waals surface area contributed by atoms with Gasteiger partial charge in [-0.15, -0.1) is 0 Å². The van der Waals surface area contributed by atoms with Crippen molar-refractivity contribution in [1.29, 1.82) is 0 Å². The van der Waals surface area contributed by atoms with E-state index in [2.05, 4.69) is 4.99 Å². The molecule has 11 heteroatoms. The van der Waals surface area contributed by atoms with Gasteiger partial charge < -0.3 is 9.15 Å². The van der Waals surface area contributed by atoms with Crippen LogP contribution in [-0.4, -0.2) is 22.6 Å². The Morgan fingerprint density at radius 2 is 1.97 bits per heavy atom. The number of carbonyl (C=O) groups excluding carboxylic acids is 1. The first-order valence-electron chi connectivity index (χ1n) is 11.0. The number of carbonyl (C=O) groups is 1. The molecule has 0 radical (unpaired) electrons. The Kier molecular flexibility index (Phi) is 6.36. The molecule has 0 bridgehead atoms. The Balaban J connectivity index is 1.62. The number of non-ortho nitro benzene ring substituents is 1. The minimum Gasteiger partial charge on any atom is -0.466 e. The largest absolute Gasteiger partial charge is 0.466 e. The van der Waals surface area contributed by atoms with Crippen LogP contribution >= 0.6 is 22.9 Å². The lowest BCUT2D eigenvalue weighted by atomic mass is 9.96. The Morgan fingerprint density at radius 1 is 1.22 bits per heavy atom. The first-order valence-corrected chi connectivity index (χ1v) is 12.2. The summed E-state index contributed by atoms with van der Waals surface area (Å²) in [7, 11) is 1.28. The third-order valence-corrected chi connectivity index (χ3v) is 7.09. The zero-order valence-corrected chi connectivity index (χ0v) is 21.1. The number of thiazole rings is 1. The van der Waals surface area contributed by atoms with E-state index in [0.29, 0.717) is 42.7 Å².